The van der Waals surface area contributed by atoms with E-state index in [9.17, 15) is 22.8 Å². The van der Waals surface area contributed by atoms with E-state index in [0.29, 0.717) is 13.0 Å². The molecule has 1 aromatic carbocycles. The van der Waals surface area contributed by atoms with Gasteiger partial charge in [0.25, 0.3) is 0 Å². The van der Waals surface area contributed by atoms with Crippen molar-refractivity contribution >= 4 is 29.2 Å². The molecule has 1 atom stereocenters. The van der Waals surface area contributed by atoms with Crippen LogP contribution in [0.25, 0.3) is 0 Å². The number of nitrogens with zero attached hydrogens (tertiary/aromatic N) is 2. The third kappa shape index (κ3) is 3.69. The number of amides is 3. The Morgan fingerprint density at radius 1 is 1.43 bits per heavy atom. The molecule has 1 aliphatic heterocycles. The van der Waals surface area contributed by atoms with Crippen LogP contribution in [0.15, 0.2) is 18.2 Å². The predicted octanol–water partition coefficient (Wildman–Crippen LogP) is 3.05. The highest BCUT2D eigenvalue weighted by molar-refractivity contribution is 6.31. The summed E-state index contributed by atoms with van der Waals surface area (Å²) in [4.78, 5) is 26.7. The van der Waals surface area contributed by atoms with Crippen LogP contribution in [0.1, 0.15) is 12.0 Å². The van der Waals surface area contributed by atoms with Gasteiger partial charge in [-0.3, -0.25) is 4.79 Å². The minimum atomic E-state index is -4.62. The maximum absolute atomic E-state index is 12.8. The van der Waals surface area contributed by atoms with Gasteiger partial charge in [0.2, 0.25) is 5.91 Å². The summed E-state index contributed by atoms with van der Waals surface area (Å²) < 4.78 is 38.4. The van der Waals surface area contributed by atoms with Crippen LogP contribution in [0.3, 0.4) is 0 Å². The minimum Gasteiger partial charge on any atom is -0.344 e. The van der Waals surface area contributed by atoms with Crippen LogP contribution < -0.4 is 5.32 Å². The standard InChI is InChI=1S/C14H15ClF3N3O2/c1-20-6-5-11(12(20)22)21(2)13(23)19-8-3-4-10(15)9(7-8)14(16,17)18/h3-4,7,11H,5-6H2,1-2H3,(H,19,23)/t11-/m0/s1. The molecule has 1 saturated heterocycles. The lowest BCUT2D eigenvalue weighted by Crippen LogP contribution is -2.44. The van der Waals surface area contributed by atoms with E-state index in [1.165, 1.54) is 22.9 Å². The first kappa shape index (κ1) is 17.4. The molecule has 0 aliphatic carbocycles. The lowest BCUT2D eigenvalue weighted by molar-refractivity contribution is -0.137. The molecule has 1 fully saturated rings. The molecule has 1 heterocycles. The van der Waals surface area contributed by atoms with Gasteiger partial charge in [-0.1, -0.05) is 11.6 Å². The summed E-state index contributed by atoms with van der Waals surface area (Å²) >= 11 is 5.53. The van der Waals surface area contributed by atoms with Gasteiger partial charge in [-0.2, -0.15) is 13.2 Å². The van der Waals surface area contributed by atoms with Gasteiger partial charge in [0, 0.05) is 26.3 Å². The van der Waals surface area contributed by atoms with Gasteiger partial charge < -0.3 is 15.1 Å². The second-order valence-corrected chi connectivity index (χ2v) is 5.70. The number of carbonyl (C=O) groups is 2. The fourth-order valence-electron chi connectivity index (χ4n) is 2.34. The highest BCUT2D eigenvalue weighted by atomic mass is 35.5. The first-order valence-electron chi connectivity index (χ1n) is 6.77. The number of urea groups is 1. The van der Waals surface area contributed by atoms with Crippen molar-refractivity contribution in [1.29, 1.82) is 0 Å². The monoisotopic (exact) mass is 349 g/mol. The van der Waals surface area contributed by atoms with Crippen LogP contribution in [-0.4, -0.2) is 48.4 Å². The largest absolute Gasteiger partial charge is 0.417 e. The molecule has 0 aromatic heterocycles. The Bertz CT molecular complexity index is 636. The third-order valence-corrected chi connectivity index (χ3v) is 4.04. The number of alkyl halides is 3. The number of hydrogen-bond donors (Lipinski definition) is 1. The van der Waals surface area contributed by atoms with E-state index in [-0.39, 0.29) is 11.6 Å². The van der Waals surface area contributed by atoms with E-state index in [1.54, 1.807) is 7.05 Å². The van der Waals surface area contributed by atoms with Crippen molar-refractivity contribution in [3.05, 3.63) is 28.8 Å². The molecule has 126 valence electrons. The van der Waals surface area contributed by atoms with Crippen molar-refractivity contribution in [3.8, 4) is 0 Å². The average Bonchev–Trinajstić information content (AvgIpc) is 2.79. The van der Waals surface area contributed by atoms with Crippen LogP contribution in [0.2, 0.25) is 5.02 Å². The zero-order chi connectivity index (χ0) is 17.4. The summed E-state index contributed by atoms with van der Waals surface area (Å²) in [7, 11) is 3.06. The SMILES string of the molecule is CN1CC[C@H](N(C)C(=O)Nc2ccc(Cl)c(C(F)(F)F)c2)C1=O. The smallest absolute Gasteiger partial charge is 0.344 e. The summed E-state index contributed by atoms with van der Waals surface area (Å²) in [6, 6.07) is 1.82. The molecule has 2 rings (SSSR count). The van der Waals surface area contributed by atoms with Gasteiger partial charge >= 0.3 is 12.2 Å². The van der Waals surface area contributed by atoms with Crippen LogP contribution in [0, 0.1) is 0 Å². The van der Waals surface area contributed by atoms with Gasteiger partial charge in [0.1, 0.15) is 6.04 Å². The summed E-state index contributed by atoms with van der Waals surface area (Å²) in [6.07, 6.45) is -4.14. The van der Waals surface area contributed by atoms with Crippen LogP contribution in [0.4, 0.5) is 23.7 Å². The van der Waals surface area contributed by atoms with Gasteiger partial charge in [-0.15, -0.1) is 0 Å². The predicted molar refractivity (Wildman–Crippen MR) is 79.3 cm³/mol. The minimum absolute atomic E-state index is 0.0441. The first-order chi connectivity index (χ1) is 10.6. The van der Waals surface area contributed by atoms with Gasteiger partial charge in [0.05, 0.1) is 10.6 Å². The molecule has 3 amide bonds. The maximum Gasteiger partial charge on any atom is 0.417 e. The van der Waals surface area contributed by atoms with Crippen molar-refractivity contribution in [2.75, 3.05) is 26.0 Å². The highest BCUT2D eigenvalue weighted by Crippen LogP contribution is 2.36. The summed E-state index contributed by atoms with van der Waals surface area (Å²) in [6.45, 7) is 0.528. The van der Waals surface area contributed by atoms with Crippen molar-refractivity contribution < 1.29 is 22.8 Å². The van der Waals surface area contributed by atoms with Gasteiger partial charge in [0.15, 0.2) is 0 Å². The zero-order valence-corrected chi connectivity index (χ0v) is 13.2. The highest BCUT2D eigenvalue weighted by Gasteiger charge is 2.35. The number of anilines is 1. The fourth-order valence-corrected chi connectivity index (χ4v) is 2.56. The maximum atomic E-state index is 12.8. The second-order valence-electron chi connectivity index (χ2n) is 5.30. The Morgan fingerprint density at radius 3 is 2.61 bits per heavy atom. The number of nitrogens with one attached hydrogen (secondary N) is 1. The molecule has 23 heavy (non-hydrogen) atoms. The molecule has 0 radical (unpaired) electrons. The molecule has 1 aromatic rings. The Hall–Kier alpha value is -1.96. The van der Waals surface area contributed by atoms with E-state index in [1.807, 2.05) is 0 Å². The average molecular weight is 350 g/mol. The molecule has 1 aliphatic rings. The number of halogens is 4. The summed E-state index contributed by atoms with van der Waals surface area (Å²) in [5.41, 5.74) is -1.08. The number of benzene rings is 1. The molecule has 9 heteroatoms. The molecule has 0 unspecified atom stereocenters. The van der Waals surface area contributed by atoms with E-state index >= 15 is 0 Å². The van der Waals surface area contributed by atoms with Crippen molar-refractivity contribution in [1.82, 2.24) is 9.80 Å². The molecule has 0 bridgehead atoms. The second kappa shape index (κ2) is 6.27. The first-order valence-corrected chi connectivity index (χ1v) is 7.14. The third-order valence-electron chi connectivity index (χ3n) is 3.71. The number of hydrogen-bond acceptors (Lipinski definition) is 2. The Kier molecular flexibility index (Phi) is 4.74. The van der Waals surface area contributed by atoms with E-state index in [4.69, 9.17) is 11.6 Å². The van der Waals surface area contributed by atoms with E-state index in [0.717, 1.165) is 12.1 Å². The topological polar surface area (TPSA) is 52.6 Å². The number of rotatable bonds is 2. The quantitative estimate of drug-likeness (QED) is 0.892. The molecule has 1 N–H and O–H groups in total. The number of likely N-dealkylation sites (tertiary alicyclic amines) is 1. The van der Waals surface area contributed by atoms with Crippen LogP contribution in [-0.2, 0) is 11.0 Å². The summed E-state index contributed by atoms with van der Waals surface area (Å²) in [5.74, 6) is -0.199. The van der Waals surface area contributed by atoms with Crippen molar-refractivity contribution in [2.45, 2.75) is 18.6 Å². The van der Waals surface area contributed by atoms with Crippen molar-refractivity contribution in [3.63, 3.8) is 0 Å². The van der Waals surface area contributed by atoms with Crippen molar-refractivity contribution in [2.24, 2.45) is 0 Å². The fraction of sp³-hybridized carbons (Fsp3) is 0.429. The molecular weight excluding hydrogens is 335 g/mol. The van der Waals surface area contributed by atoms with E-state index in [2.05, 4.69) is 5.32 Å². The van der Waals surface area contributed by atoms with Crippen LogP contribution in [0.5, 0.6) is 0 Å². The Balaban J connectivity index is 2.13. The molecular formula is C14H15ClF3N3O2. The Morgan fingerprint density at radius 2 is 2.09 bits per heavy atom. The van der Waals surface area contributed by atoms with E-state index < -0.39 is 28.8 Å². The lowest BCUT2D eigenvalue weighted by Gasteiger charge is -2.23. The number of likely N-dealkylation sites (N-methyl/N-ethyl adjacent to an activating group) is 2. The normalized spacial score (nSPS) is 18.3. The van der Waals surface area contributed by atoms with Gasteiger partial charge in [-0.25, -0.2) is 4.79 Å². The molecule has 0 saturated carbocycles. The summed E-state index contributed by atoms with van der Waals surface area (Å²) in [5, 5.41) is 1.90. The van der Waals surface area contributed by atoms with Gasteiger partial charge in [-0.05, 0) is 24.6 Å². The van der Waals surface area contributed by atoms with Crippen LogP contribution >= 0.6 is 11.6 Å². The molecule has 5 nitrogen and oxygen atoms in total. The lowest BCUT2D eigenvalue weighted by atomic mass is 10.2. The molecule has 0 spiro atoms. The number of carbonyl (C=O) groups excluding carboxylic acids is 2. The Labute approximate surface area is 136 Å². The zero-order valence-electron chi connectivity index (χ0n) is 12.4.